The second-order valence-electron chi connectivity index (χ2n) is 3.94. The summed E-state index contributed by atoms with van der Waals surface area (Å²) >= 11 is 4.38. The number of rotatable bonds is 6. The van der Waals surface area contributed by atoms with Crippen molar-refractivity contribution in [3.63, 3.8) is 0 Å². The second kappa shape index (κ2) is 6.69. The maximum absolute atomic E-state index is 12.5. The Morgan fingerprint density at radius 2 is 2.32 bits per heavy atom. The van der Waals surface area contributed by atoms with Gasteiger partial charge in [0.1, 0.15) is 10.0 Å². The fourth-order valence-corrected chi connectivity index (χ4v) is 5.46. The molecule has 0 aliphatic rings. The van der Waals surface area contributed by atoms with E-state index in [9.17, 15) is 8.42 Å². The predicted octanol–water partition coefficient (Wildman–Crippen LogP) is 1.90. The van der Waals surface area contributed by atoms with Crippen LogP contribution in [0.5, 0.6) is 0 Å². The first-order valence-corrected chi connectivity index (χ1v) is 8.66. The summed E-state index contributed by atoms with van der Waals surface area (Å²) in [6.07, 6.45) is 0. The smallest absolute Gasteiger partial charge is 0.253 e. The highest BCUT2D eigenvalue weighted by atomic mass is 79.9. The number of hydrogen-bond donors (Lipinski definition) is 2. The molecule has 6 nitrogen and oxygen atoms in total. The number of amidine groups is 1. The van der Waals surface area contributed by atoms with Gasteiger partial charge in [-0.3, -0.25) is 0 Å². The Morgan fingerprint density at radius 1 is 1.68 bits per heavy atom. The van der Waals surface area contributed by atoms with Crippen molar-refractivity contribution in [1.82, 2.24) is 4.31 Å². The number of halogens is 1. The van der Waals surface area contributed by atoms with E-state index in [2.05, 4.69) is 21.1 Å². The van der Waals surface area contributed by atoms with Gasteiger partial charge in [0.2, 0.25) is 0 Å². The molecular formula is C10H16BrN3O3S2. The van der Waals surface area contributed by atoms with Crippen molar-refractivity contribution in [1.29, 1.82) is 0 Å². The van der Waals surface area contributed by atoms with Crippen molar-refractivity contribution in [2.75, 3.05) is 13.1 Å². The molecule has 9 heteroatoms. The summed E-state index contributed by atoms with van der Waals surface area (Å²) in [7, 11) is -3.56. The van der Waals surface area contributed by atoms with Crippen LogP contribution in [0, 0.1) is 5.92 Å². The Morgan fingerprint density at radius 3 is 2.74 bits per heavy atom. The number of oxime groups is 1. The molecule has 1 heterocycles. The zero-order valence-electron chi connectivity index (χ0n) is 10.6. The molecule has 0 spiro atoms. The molecule has 1 aromatic heterocycles. The first-order valence-electron chi connectivity index (χ1n) is 5.55. The molecule has 0 radical (unpaired) electrons. The van der Waals surface area contributed by atoms with E-state index in [4.69, 9.17) is 10.9 Å². The van der Waals surface area contributed by atoms with Crippen molar-refractivity contribution < 1.29 is 13.6 Å². The van der Waals surface area contributed by atoms with Crippen LogP contribution in [0.25, 0.3) is 0 Å². The van der Waals surface area contributed by atoms with Crippen LogP contribution in [0.3, 0.4) is 0 Å². The van der Waals surface area contributed by atoms with E-state index in [1.54, 1.807) is 25.3 Å². The molecule has 3 N–H and O–H groups in total. The van der Waals surface area contributed by atoms with Gasteiger partial charge in [-0.2, -0.15) is 4.31 Å². The molecule has 0 aromatic carbocycles. The lowest BCUT2D eigenvalue weighted by Crippen LogP contribution is -2.38. The molecule has 1 atom stereocenters. The average Bonchev–Trinajstić information content (AvgIpc) is 2.81. The Labute approximate surface area is 125 Å². The number of sulfonamides is 1. The van der Waals surface area contributed by atoms with Crippen molar-refractivity contribution in [2.24, 2.45) is 16.8 Å². The molecule has 0 saturated carbocycles. The molecule has 0 fully saturated rings. The summed E-state index contributed by atoms with van der Waals surface area (Å²) in [5.74, 6) is -0.350. The summed E-state index contributed by atoms with van der Waals surface area (Å²) < 4.78 is 27.0. The van der Waals surface area contributed by atoms with Crippen molar-refractivity contribution in [3.05, 3.63) is 15.9 Å². The normalized spacial score (nSPS) is 14.8. The van der Waals surface area contributed by atoms with Gasteiger partial charge in [0.25, 0.3) is 10.0 Å². The van der Waals surface area contributed by atoms with E-state index in [1.807, 2.05) is 0 Å². The molecule has 0 amide bonds. The van der Waals surface area contributed by atoms with Crippen LogP contribution < -0.4 is 5.73 Å². The predicted molar refractivity (Wildman–Crippen MR) is 79.0 cm³/mol. The molecule has 0 aliphatic heterocycles. The summed E-state index contributed by atoms with van der Waals surface area (Å²) in [6.45, 7) is 3.93. The van der Waals surface area contributed by atoms with Crippen molar-refractivity contribution in [3.8, 4) is 0 Å². The third-order valence-corrected chi connectivity index (χ3v) is 7.20. The van der Waals surface area contributed by atoms with Gasteiger partial charge in [0.05, 0.1) is 0 Å². The lowest BCUT2D eigenvalue weighted by Gasteiger charge is -2.22. The van der Waals surface area contributed by atoms with Crippen LogP contribution >= 0.6 is 27.3 Å². The van der Waals surface area contributed by atoms with Crippen molar-refractivity contribution in [2.45, 2.75) is 18.1 Å². The largest absolute Gasteiger partial charge is 0.409 e. The fourth-order valence-electron chi connectivity index (χ4n) is 1.48. The molecular weight excluding hydrogens is 354 g/mol. The number of nitrogens with zero attached hydrogens (tertiary/aromatic N) is 2. The van der Waals surface area contributed by atoms with Gasteiger partial charge in [-0.05, 0) is 27.4 Å². The van der Waals surface area contributed by atoms with Gasteiger partial charge in [0, 0.05) is 23.5 Å². The highest BCUT2D eigenvalue weighted by Crippen LogP contribution is 2.30. The van der Waals surface area contributed by atoms with E-state index in [0.717, 1.165) is 11.3 Å². The maximum atomic E-state index is 12.5. The Balaban J connectivity index is 3.01. The van der Waals surface area contributed by atoms with Crippen LogP contribution in [0.1, 0.15) is 13.8 Å². The highest BCUT2D eigenvalue weighted by molar-refractivity contribution is 9.10. The van der Waals surface area contributed by atoms with E-state index in [-0.39, 0.29) is 22.5 Å². The summed E-state index contributed by atoms with van der Waals surface area (Å²) in [6, 6.07) is 1.69. The Bertz CT molecular complexity index is 556. The van der Waals surface area contributed by atoms with Crippen LogP contribution in [0.4, 0.5) is 0 Å². The topological polar surface area (TPSA) is 96.0 Å². The number of nitrogens with two attached hydrogens (primary N) is 1. The molecule has 108 valence electrons. The van der Waals surface area contributed by atoms with E-state index in [0.29, 0.717) is 11.0 Å². The minimum atomic E-state index is -3.56. The molecule has 0 saturated heterocycles. The lowest BCUT2D eigenvalue weighted by molar-refractivity contribution is 0.311. The zero-order valence-corrected chi connectivity index (χ0v) is 13.8. The molecule has 0 bridgehead atoms. The van der Waals surface area contributed by atoms with E-state index >= 15 is 0 Å². The number of hydrogen-bond acceptors (Lipinski definition) is 5. The Hall–Kier alpha value is -0.640. The fraction of sp³-hybridized carbons (Fsp3) is 0.500. The first kappa shape index (κ1) is 16.4. The van der Waals surface area contributed by atoms with Crippen LogP contribution in [-0.4, -0.2) is 36.9 Å². The van der Waals surface area contributed by atoms with Crippen LogP contribution in [0.15, 0.2) is 25.3 Å². The molecule has 1 unspecified atom stereocenters. The first-order chi connectivity index (χ1) is 8.84. The minimum Gasteiger partial charge on any atom is -0.409 e. The second-order valence-corrected chi connectivity index (χ2v) is 7.84. The monoisotopic (exact) mass is 369 g/mol. The molecule has 1 rings (SSSR count). The quantitative estimate of drug-likeness (QED) is 0.346. The van der Waals surface area contributed by atoms with E-state index in [1.165, 1.54) is 4.31 Å². The number of thiophene rings is 1. The summed E-state index contributed by atoms with van der Waals surface area (Å²) in [5.41, 5.74) is 5.48. The third kappa shape index (κ3) is 3.68. The SMILES string of the molecule is CCN(CC(C)C(N)=NO)S(=O)(=O)c1sccc1Br. The van der Waals surface area contributed by atoms with Gasteiger partial charge in [0.15, 0.2) is 0 Å². The van der Waals surface area contributed by atoms with Gasteiger partial charge in [-0.25, -0.2) is 8.42 Å². The lowest BCUT2D eigenvalue weighted by atomic mass is 10.1. The van der Waals surface area contributed by atoms with Crippen molar-refractivity contribution >= 4 is 43.1 Å². The van der Waals surface area contributed by atoms with Gasteiger partial charge in [-0.1, -0.05) is 19.0 Å². The van der Waals surface area contributed by atoms with Crippen LogP contribution in [-0.2, 0) is 10.0 Å². The van der Waals surface area contributed by atoms with Gasteiger partial charge < -0.3 is 10.9 Å². The summed E-state index contributed by atoms with van der Waals surface area (Å²) in [5, 5.41) is 13.2. The molecule has 19 heavy (non-hydrogen) atoms. The summed E-state index contributed by atoms with van der Waals surface area (Å²) in [4.78, 5) is 0. The van der Waals surface area contributed by atoms with Crippen LogP contribution in [0.2, 0.25) is 0 Å². The average molecular weight is 370 g/mol. The molecule has 0 aliphatic carbocycles. The van der Waals surface area contributed by atoms with Gasteiger partial charge in [-0.15, -0.1) is 11.3 Å². The standard InChI is InChI=1S/C10H16BrN3O3S2/c1-3-14(6-7(2)9(12)13-15)19(16,17)10-8(11)4-5-18-10/h4-5,7,15H,3,6H2,1-2H3,(H2,12,13). The Kier molecular flexibility index (Phi) is 5.78. The van der Waals surface area contributed by atoms with Gasteiger partial charge >= 0.3 is 0 Å². The highest BCUT2D eigenvalue weighted by Gasteiger charge is 2.28. The maximum Gasteiger partial charge on any atom is 0.253 e. The minimum absolute atomic E-state index is 0.0129. The molecule has 1 aromatic rings. The third-order valence-electron chi connectivity index (χ3n) is 2.61. The van der Waals surface area contributed by atoms with E-state index < -0.39 is 10.0 Å². The zero-order chi connectivity index (χ0) is 14.6.